The van der Waals surface area contributed by atoms with Crippen molar-refractivity contribution in [2.45, 2.75) is 39.5 Å². The van der Waals surface area contributed by atoms with Gasteiger partial charge in [-0.15, -0.1) is 0 Å². The predicted octanol–water partition coefficient (Wildman–Crippen LogP) is 2.44. The van der Waals surface area contributed by atoms with Crippen LogP contribution in [0.25, 0.3) is 0 Å². The highest BCUT2D eigenvalue weighted by atomic mass is 16.5. The van der Waals surface area contributed by atoms with Gasteiger partial charge in [0.1, 0.15) is 0 Å². The van der Waals surface area contributed by atoms with Crippen molar-refractivity contribution in [3.63, 3.8) is 0 Å². The Labute approximate surface area is 108 Å². The van der Waals surface area contributed by atoms with Gasteiger partial charge in [-0.1, -0.05) is 31.3 Å². The van der Waals surface area contributed by atoms with Crippen LogP contribution in [0.5, 0.6) is 5.88 Å². The molecule has 1 aromatic rings. The summed E-state index contributed by atoms with van der Waals surface area (Å²) in [5.74, 6) is 0.464. The zero-order valence-corrected chi connectivity index (χ0v) is 11.0. The number of oxime groups is 1. The van der Waals surface area contributed by atoms with Gasteiger partial charge in [-0.25, -0.2) is 4.98 Å². The SMILES string of the molecule is CCCCCCOc1nccc(C)c1/C(N)=N/O. The largest absolute Gasteiger partial charge is 0.477 e. The van der Waals surface area contributed by atoms with Gasteiger partial charge in [0.2, 0.25) is 5.88 Å². The standard InChI is InChI=1S/C13H21N3O2/c1-3-4-5-6-9-18-13-11(12(14)16-17)10(2)7-8-15-13/h7-8,17H,3-6,9H2,1-2H3,(H2,14,16). The van der Waals surface area contributed by atoms with Gasteiger partial charge in [0, 0.05) is 6.20 Å². The summed E-state index contributed by atoms with van der Waals surface area (Å²) >= 11 is 0. The lowest BCUT2D eigenvalue weighted by molar-refractivity contribution is 0.291. The Morgan fingerprint density at radius 1 is 1.44 bits per heavy atom. The van der Waals surface area contributed by atoms with E-state index in [-0.39, 0.29) is 5.84 Å². The number of amidine groups is 1. The number of nitrogens with two attached hydrogens (primary N) is 1. The van der Waals surface area contributed by atoms with Crippen molar-refractivity contribution in [3.05, 3.63) is 23.4 Å². The molecule has 0 aliphatic rings. The number of hydrogen-bond donors (Lipinski definition) is 2. The Morgan fingerprint density at radius 2 is 2.22 bits per heavy atom. The second-order valence-electron chi connectivity index (χ2n) is 4.20. The number of rotatable bonds is 7. The number of unbranched alkanes of at least 4 members (excludes halogenated alkanes) is 3. The van der Waals surface area contributed by atoms with Crippen molar-refractivity contribution in [1.82, 2.24) is 4.98 Å². The minimum Gasteiger partial charge on any atom is -0.477 e. The van der Waals surface area contributed by atoms with Gasteiger partial charge >= 0.3 is 0 Å². The van der Waals surface area contributed by atoms with E-state index in [4.69, 9.17) is 15.7 Å². The van der Waals surface area contributed by atoms with Gasteiger partial charge < -0.3 is 15.7 Å². The maximum Gasteiger partial charge on any atom is 0.224 e. The Kier molecular flexibility index (Phi) is 5.97. The van der Waals surface area contributed by atoms with Crippen LogP contribution in [0.4, 0.5) is 0 Å². The first-order valence-corrected chi connectivity index (χ1v) is 6.27. The van der Waals surface area contributed by atoms with Crippen molar-refractivity contribution in [2.75, 3.05) is 6.61 Å². The maximum absolute atomic E-state index is 8.76. The summed E-state index contributed by atoms with van der Waals surface area (Å²) in [4.78, 5) is 4.13. The van der Waals surface area contributed by atoms with Gasteiger partial charge in [0.05, 0.1) is 12.2 Å². The van der Waals surface area contributed by atoms with Gasteiger partial charge in [-0.05, 0) is 25.0 Å². The fourth-order valence-corrected chi connectivity index (χ4v) is 1.70. The first kappa shape index (κ1) is 14.3. The van der Waals surface area contributed by atoms with Gasteiger partial charge in [0.15, 0.2) is 5.84 Å². The molecule has 5 heteroatoms. The van der Waals surface area contributed by atoms with E-state index in [0.717, 1.165) is 18.4 Å². The van der Waals surface area contributed by atoms with E-state index in [1.165, 1.54) is 12.8 Å². The van der Waals surface area contributed by atoms with E-state index in [1.54, 1.807) is 12.3 Å². The number of ether oxygens (including phenoxy) is 1. The zero-order chi connectivity index (χ0) is 13.4. The lowest BCUT2D eigenvalue weighted by atomic mass is 10.1. The van der Waals surface area contributed by atoms with Crippen LogP contribution < -0.4 is 10.5 Å². The Morgan fingerprint density at radius 3 is 2.89 bits per heavy atom. The smallest absolute Gasteiger partial charge is 0.224 e. The Bertz CT molecular complexity index is 405. The number of aromatic nitrogens is 1. The number of pyridine rings is 1. The van der Waals surface area contributed by atoms with Crippen LogP contribution in [0.1, 0.15) is 43.7 Å². The molecule has 0 atom stereocenters. The molecule has 0 aliphatic heterocycles. The molecule has 1 heterocycles. The molecule has 0 amide bonds. The fraction of sp³-hybridized carbons (Fsp3) is 0.538. The molecule has 0 fully saturated rings. The average molecular weight is 251 g/mol. The topological polar surface area (TPSA) is 80.7 Å². The Hall–Kier alpha value is -1.78. The van der Waals surface area contributed by atoms with Crippen LogP contribution in [0, 0.1) is 6.92 Å². The molecule has 0 aromatic carbocycles. The first-order chi connectivity index (χ1) is 8.70. The summed E-state index contributed by atoms with van der Waals surface area (Å²) in [6.07, 6.45) is 6.18. The third-order valence-electron chi connectivity index (χ3n) is 2.73. The maximum atomic E-state index is 8.76. The van der Waals surface area contributed by atoms with Crippen LogP contribution >= 0.6 is 0 Å². The Balaban J connectivity index is 2.67. The van der Waals surface area contributed by atoms with Crippen LogP contribution in [0.15, 0.2) is 17.4 Å². The quantitative estimate of drug-likeness (QED) is 0.256. The summed E-state index contributed by atoms with van der Waals surface area (Å²) in [5, 5.41) is 11.8. The van der Waals surface area contributed by atoms with Crippen LogP contribution in [-0.2, 0) is 0 Å². The molecule has 0 aliphatic carbocycles. The third kappa shape index (κ3) is 3.91. The molecule has 0 unspecified atom stereocenters. The van der Waals surface area contributed by atoms with E-state index < -0.39 is 0 Å². The van der Waals surface area contributed by atoms with Gasteiger partial charge in [-0.3, -0.25) is 0 Å². The van der Waals surface area contributed by atoms with Crippen molar-refractivity contribution >= 4 is 5.84 Å². The molecule has 0 bridgehead atoms. The van der Waals surface area contributed by atoms with E-state index in [2.05, 4.69) is 17.1 Å². The minimum atomic E-state index is 0.0316. The molecule has 1 rings (SSSR count). The molecule has 3 N–H and O–H groups in total. The summed E-state index contributed by atoms with van der Waals surface area (Å²) in [5.41, 5.74) is 7.07. The normalized spacial score (nSPS) is 11.6. The summed E-state index contributed by atoms with van der Waals surface area (Å²) < 4.78 is 5.60. The summed E-state index contributed by atoms with van der Waals surface area (Å²) in [7, 11) is 0. The number of aryl methyl sites for hydroxylation is 1. The zero-order valence-electron chi connectivity index (χ0n) is 11.0. The van der Waals surface area contributed by atoms with Crippen LogP contribution in [0.3, 0.4) is 0 Å². The average Bonchev–Trinajstić information content (AvgIpc) is 2.38. The molecular formula is C13H21N3O2. The predicted molar refractivity (Wildman–Crippen MR) is 71.1 cm³/mol. The molecular weight excluding hydrogens is 230 g/mol. The lowest BCUT2D eigenvalue weighted by Gasteiger charge is -2.11. The third-order valence-corrected chi connectivity index (χ3v) is 2.73. The van der Waals surface area contributed by atoms with E-state index >= 15 is 0 Å². The molecule has 5 nitrogen and oxygen atoms in total. The minimum absolute atomic E-state index is 0.0316. The van der Waals surface area contributed by atoms with E-state index in [9.17, 15) is 0 Å². The molecule has 0 spiro atoms. The van der Waals surface area contributed by atoms with E-state index in [0.29, 0.717) is 18.1 Å². The molecule has 18 heavy (non-hydrogen) atoms. The molecule has 1 aromatic heterocycles. The molecule has 0 saturated carbocycles. The summed E-state index contributed by atoms with van der Waals surface area (Å²) in [6, 6.07) is 1.80. The lowest BCUT2D eigenvalue weighted by Crippen LogP contribution is -2.17. The van der Waals surface area contributed by atoms with Crippen LogP contribution in [0.2, 0.25) is 0 Å². The summed E-state index contributed by atoms with van der Waals surface area (Å²) in [6.45, 7) is 4.64. The molecule has 0 saturated heterocycles. The number of nitrogens with zero attached hydrogens (tertiary/aromatic N) is 2. The highest BCUT2D eigenvalue weighted by Gasteiger charge is 2.12. The fourth-order valence-electron chi connectivity index (χ4n) is 1.70. The highest BCUT2D eigenvalue weighted by molar-refractivity contribution is 6.00. The van der Waals surface area contributed by atoms with Gasteiger partial charge in [-0.2, -0.15) is 0 Å². The number of hydrogen-bond acceptors (Lipinski definition) is 4. The van der Waals surface area contributed by atoms with Crippen molar-refractivity contribution in [3.8, 4) is 5.88 Å². The molecule has 0 radical (unpaired) electrons. The first-order valence-electron chi connectivity index (χ1n) is 6.27. The van der Waals surface area contributed by atoms with Crippen molar-refractivity contribution in [2.24, 2.45) is 10.9 Å². The van der Waals surface area contributed by atoms with Gasteiger partial charge in [0.25, 0.3) is 0 Å². The highest BCUT2D eigenvalue weighted by Crippen LogP contribution is 2.19. The van der Waals surface area contributed by atoms with Crippen molar-refractivity contribution < 1.29 is 9.94 Å². The monoisotopic (exact) mass is 251 g/mol. The second kappa shape index (κ2) is 7.53. The second-order valence-corrected chi connectivity index (χ2v) is 4.20. The van der Waals surface area contributed by atoms with Crippen LogP contribution in [-0.4, -0.2) is 22.6 Å². The molecule has 100 valence electrons. The van der Waals surface area contributed by atoms with E-state index in [1.807, 2.05) is 6.92 Å². The van der Waals surface area contributed by atoms with Crippen molar-refractivity contribution in [1.29, 1.82) is 0 Å².